The molecule has 0 atom stereocenters. The molecule has 1 aromatic carbocycles. The van der Waals surface area contributed by atoms with Gasteiger partial charge in [0.05, 0.1) is 9.82 Å². The molecule has 0 spiro atoms. The maximum atomic E-state index is 12.1. The Bertz CT molecular complexity index is 722. The number of benzene rings is 1. The van der Waals surface area contributed by atoms with Crippen LogP contribution in [0.3, 0.4) is 0 Å². The van der Waals surface area contributed by atoms with E-state index < -0.39 is 14.9 Å². The molecular formula is C14H22IN5O4S. The summed E-state index contributed by atoms with van der Waals surface area (Å²) in [6.07, 6.45) is 2.46. The van der Waals surface area contributed by atoms with Crippen LogP contribution in [0.15, 0.2) is 34.2 Å². The van der Waals surface area contributed by atoms with Gasteiger partial charge in [0.15, 0.2) is 5.96 Å². The second-order valence-corrected chi connectivity index (χ2v) is 7.24. The molecule has 0 amide bonds. The van der Waals surface area contributed by atoms with Gasteiger partial charge in [-0.05, 0) is 24.8 Å². The molecule has 0 bridgehead atoms. The molecule has 0 heterocycles. The van der Waals surface area contributed by atoms with Crippen LogP contribution in [0.1, 0.15) is 12.8 Å². The van der Waals surface area contributed by atoms with Gasteiger partial charge in [-0.15, -0.1) is 24.0 Å². The molecule has 3 N–H and O–H groups in total. The monoisotopic (exact) mass is 483 g/mol. The first-order valence-electron chi connectivity index (χ1n) is 7.61. The van der Waals surface area contributed by atoms with E-state index in [0.29, 0.717) is 18.4 Å². The van der Waals surface area contributed by atoms with Crippen molar-refractivity contribution < 1.29 is 13.3 Å². The summed E-state index contributed by atoms with van der Waals surface area (Å²) in [6.45, 7) is 1.34. The van der Waals surface area contributed by atoms with Crippen LogP contribution in [-0.2, 0) is 10.0 Å². The number of sulfonamides is 1. The molecule has 25 heavy (non-hydrogen) atoms. The second kappa shape index (κ2) is 9.87. The van der Waals surface area contributed by atoms with Crippen molar-refractivity contribution in [1.29, 1.82) is 0 Å². The average molecular weight is 483 g/mol. The lowest BCUT2D eigenvalue weighted by Crippen LogP contribution is -2.42. The molecule has 1 aliphatic rings. The van der Waals surface area contributed by atoms with Gasteiger partial charge in [-0.2, -0.15) is 0 Å². The fourth-order valence-corrected chi connectivity index (χ4v) is 3.07. The van der Waals surface area contributed by atoms with Crippen molar-refractivity contribution in [2.75, 3.05) is 26.7 Å². The number of hydrogen-bond donors (Lipinski definition) is 3. The van der Waals surface area contributed by atoms with Crippen molar-refractivity contribution in [1.82, 2.24) is 15.4 Å². The van der Waals surface area contributed by atoms with E-state index in [2.05, 4.69) is 20.3 Å². The Morgan fingerprint density at radius 1 is 1.32 bits per heavy atom. The quantitative estimate of drug-likeness (QED) is 0.127. The minimum absolute atomic E-state index is 0. The number of nitrogens with one attached hydrogen (secondary N) is 3. The Balaban J connectivity index is 0.00000312. The number of guanidine groups is 1. The van der Waals surface area contributed by atoms with Crippen LogP contribution in [0, 0.1) is 16.0 Å². The maximum Gasteiger partial charge on any atom is 0.270 e. The predicted octanol–water partition coefficient (Wildman–Crippen LogP) is 1.07. The average Bonchev–Trinajstić information content (AvgIpc) is 3.38. The van der Waals surface area contributed by atoms with E-state index in [1.807, 2.05) is 0 Å². The van der Waals surface area contributed by atoms with Crippen LogP contribution in [-0.4, -0.2) is 46.0 Å². The van der Waals surface area contributed by atoms with Crippen molar-refractivity contribution in [3.8, 4) is 0 Å². The minimum Gasteiger partial charge on any atom is -0.356 e. The van der Waals surface area contributed by atoms with E-state index in [-0.39, 0.29) is 41.1 Å². The summed E-state index contributed by atoms with van der Waals surface area (Å²) in [5.74, 6) is 1.33. The molecule has 0 aromatic heterocycles. The van der Waals surface area contributed by atoms with E-state index in [0.717, 1.165) is 12.6 Å². The highest BCUT2D eigenvalue weighted by molar-refractivity contribution is 14.0. The summed E-state index contributed by atoms with van der Waals surface area (Å²) >= 11 is 0. The van der Waals surface area contributed by atoms with Crippen molar-refractivity contribution >= 4 is 45.6 Å². The molecule has 11 heteroatoms. The third kappa shape index (κ3) is 7.12. The Labute approximate surface area is 163 Å². The Hall–Kier alpha value is -1.47. The van der Waals surface area contributed by atoms with Crippen LogP contribution in [0.25, 0.3) is 0 Å². The zero-order valence-corrected chi connectivity index (χ0v) is 16.9. The molecule has 1 fully saturated rings. The van der Waals surface area contributed by atoms with Gasteiger partial charge in [-0.25, -0.2) is 13.1 Å². The summed E-state index contributed by atoms with van der Waals surface area (Å²) in [7, 11) is -2.14. The zero-order chi connectivity index (χ0) is 17.6. The number of nitrogens with zero attached hydrogens (tertiary/aromatic N) is 2. The molecule has 0 unspecified atom stereocenters. The van der Waals surface area contributed by atoms with E-state index in [4.69, 9.17) is 0 Å². The minimum atomic E-state index is -3.79. The van der Waals surface area contributed by atoms with Gasteiger partial charge < -0.3 is 10.6 Å². The van der Waals surface area contributed by atoms with Gasteiger partial charge in [-0.3, -0.25) is 15.1 Å². The van der Waals surface area contributed by atoms with Crippen LogP contribution < -0.4 is 15.4 Å². The van der Waals surface area contributed by atoms with Gasteiger partial charge in [0.1, 0.15) is 0 Å². The van der Waals surface area contributed by atoms with Crippen molar-refractivity contribution in [3.05, 3.63) is 34.4 Å². The Kier molecular flexibility index (Phi) is 8.52. The summed E-state index contributed by atoms with van der Waals surface area (Å²) in [6, 6.07) is 4.94. The molecule has 0 radical (unpaired) electrons. The summed E-state index contributed by atoms with van der Waals surface area (Å²) in [5.41, 5.74) is -0.263. The Morgan fingerprint density at radius 2 is 2.04 bits per heavy atom. The normalized spacial score (nSPS) is 14.5. The van der Waals surface area contributed by atoms with Crippen LogP contribution >= 0.6 is 24.0 Å². The third-order valence-corrected chi connectivity index (χ3v) is 4.99. The highest BCUT2D eigenvalue weighted by Gasteiger charge is 2.21. The first-order valence-corrected chi connectivity index (χ1v) is 9.09. The van der Waals surface area contributed by atoms with E-state index in [9.17, 15) is 18.5 Å². The highest BCUT2D eigenvalue weighted by atomic mass is 127. The lowest BCUT2D eigenvalue weighted by Gasteiger charge is -2.12. The SMILES string of the molecule is CN=C(NCCNS(=O)(=O)c1cccc([N+](=O)[O-])c1)NCC1CC1.I. The topological polar surface area (TPSA) is 126 Å². The molecule has 2 rings (SSSR count). The summed E-state index contributed by atoms with van der Waals surface area (Å²) in [4.78, 5) is 14.0. The molecule has 1 aliphatic carbocycles. The Morgan fingerprint density at radius 3 is 2.64 bits per heavy atom. The van der Waals surface area contributed by atoms with Gasteiger partial charge in [-0.1, -0.05) is 6.07 Å². The number of nitro benzene ring substituents is 1. The first-order chi connectivity index (χ1) is 11.4. The van der Waals surface area contributed by atoms with Crippen molar-refractivity contribution in [2.45, 2.75) is 17.7 Å². The fourth-order valence-electron chi connectivity index (χ4n) is 2.00. The largest absolute Gasteiger partial charge is 0.356 e. The predicted molar refractivity (Wildman–Crippen MR) is 106 cm³/mol. The number of halogens is 1. The van der Waals surface area contributed by atoms with Crippen molar-refractivity contribution in [3.63, 3.8) is 0 Å². The smallest absolute Gasteiger partial charge is 0.270 e. The van der Waals surface area contributed by atoms with E-state index in [1.165, 1.54) is 31.0 Å². The lowest BCUT2D eigenvalue weighted by molar-refractivity contribution is -0.385. The first kappa shape index (κ1) is 21.6. The summed E-state index contributed by atoms with van der Waals surface area (Å²) in [5, 5.41) is 16.9. The molecule has 0 aliphatic heterocycles. The number of aliphatic imine (C=N–C) groups is 1. The standard InChI is InChI=1S/C14H21N5O4S.HI/c1-15-14(17-10-11-5-6-11)16-7-8-18-24(22,23)13-4-2-3-12(9-13)19(20)21;/h2-4,9,11,18H,5-8,10H2,1H3,(H2,15,16,17);1H. The van der Waals surface area contributed by atoms with Gasteiger partial charge in [0.25, 0.3) is 5.69 Å². The van der Waals surface area contributed by atoms with Crippen LogP contribution in [0.4, 0.5) is 5.69 Å². The molecule has 9 nitrogen and oxygen atoms in total. The van der Waals surface area contributed by atoms with Crippen LogP contribution in [0.2, 0.25) is 0 Å². The second-order valence-electron chi connectivity index (χ2n) is 5.48. The lowest BCUT2D eigenvalue weighted by atomic mass is 10.3. The van der Waals surface area contributed by atoms with Gasteiger partial charge in [0, 0.05) is 38.8 Å². The highest BCUT2D eigenvalue weighted by Crippen LogP contribution is 2.27. The molecule has 1 aromatic rings. The third-order valence-electron chi connectivity index (χ3n) is 3.53. The van der Waals surface area contributed by atoms with E-state index in [1.54, 1.807) is 7.05 Å². The van der Waals surface area contributed by atoms with Gasteiger partial charge in [0.2, 0.25) is 10.0 Å². The van der Waals surface area contributed by atoms with Crippen LogP contribution in [0.5, 0.6) is 0 Å². The number of non-ortho nitro benzene ring substituents is 1. The molecule has 0 saturated heterocycles. The zero-order valence-electron chi connectivity index (χ0n) is 13.8. The van der Waals surface area contributed by atoms with Gasteiger partial charge >= 0.3 is 0 Å². The number of hydrogen-bond acceptors (Lipinski definition) is 5. The summed E-state index contributed by atoms with van der Waals surface area (Å²) < 4.78 is 26.7. The van der Waals surface area contributed by atoms with Crippen molar-refractivity contribution in [2.24, 2.45) is 10.9 Å². The number of nitro groups is 1. The maximum absolute atomic E-state index is 12.1. The fraction of sp³-hybridized carbons (Fsp3) is 0.500. The van der Waals surface area contributed by atoms with E-state index >= 15 is 0 Å². The number of rotatable bonds is 8. The molecule has 1 saturated carbocycles. The molecule has 140 valence electrons. The molecular weight excluding hydrogens is 461 g/mol.